The van der Waals surface area contributed by atoms with Gasteiger partial charge >= 0.3 is 0 Å². The second-order valence-electron chi connectivity index (χ2n) is 8.80. The molecule has 2 rings (SSSR count). The van der Waals surface area contributed by atoms with Gasteiger partial charge in [0, 0.05) is 6.07 Å². The molecular formula is C25H43N2O+. The summed E-state index contributed by atoms with van der Waals surface area (Å²) in [4.78, 5) is 0. The molecule has 0 spiro atoms. The molecule has 0 unspecified atom stereocenters. The molecule has 1 heterocycles. The SMILES string of the molecule is CCCCCCCCCCCCOc1ccc2c(c1)n(C(C)C)c[n+]2C(C)C. The Morgan fingerprint density at radius 2 is 1.46 bits per heavy atom. The summed E-state index contributed by atoms with van der Waals surface area (Å²) < 4.78 is 10.8. The van der Waals surface area contributed by atoms with Gasteiger partial charge in [-0.3, -0.25) is 0 Å². The Hall–Kier alpha value is -1.51. The van der Waals surface area contributed by atoms with Gasteiger partial charge in [0.15, 0.2) is 11.0 Å². The van der Waals surface area contributed by atoms with Gasteiger partial charge in [-0.2, -0.15) is 0 Å². The highest BCUT2D eigenvalue weighted by atomic mass is 16.5. The Labute approximate surface area is 173 Å². The van der Waals surface area contributed by atoms with Crippen LogP contribution in [0.4, 0.5) is 0 Å². The molecule has 0 atom stereocenters. The lowest BCUT2D eigenvalue weighted by molar-refractivity contribution is -0.692. The monoisotopic (exact) mass is 387 g/mol. The fourth-order valence-electron chi connectivity index (χ4n) is 3.88. The normalized spacial score (nSPS) is 11.8. The molecule has 0 amide bonds. The van der Waals surface area contributed by atoms with Gasteiger partial charge in [0.2, 0.25) is 6.33 Å². The van der Waals surface area contributed by atoms with Crippen LogP contribution in [0.1, 0.15) is 111 Å². The molecule has 3 nitrogen and oxygen atoms in total. The Morgan fingerprint density at radius 3 is 2.04 bits per heavy atom. The van der Waals surface area contributed by atoms with Crippen LogP contribution >= 0.6 is 0 Å². The number of hydrogen-bond acceptors (Lipinski definition) is 1. The molecule has 3 heteroatoms. The van der Waals surface area contributed by atoms with E-state index >= 15 is 0 Å². The van der Waals surface area contributed by atoms with Gasteiger partial charge in [0.1, 0.15) is 5.75 Å². The van der Waals surface area contributed by atoms with Crippen molar-refractivity contribution in [1.82, 2.24) is 4.57 Å². The standard InChI is InChI=1S/C25H43N2O/c1-6-7-8-9-10-11-12-13-14-15-18-28-23-16-17-24-25(19-23)27(22(4)5)20-26(24)21(2)3/h16-17,19-22H,6-15,18H2,1-5H3/q+1. The molecule has 158 valence electrons. The molecule has 0 aliphatic rings. The summed E-state index contributed by atoms with van der Waals surface area (Å²) in [7, 11) is 0. The van der Waals surface area contributed by atoms with Gasteiger partial charge < -0.3 is 4.74 Å². The van der Waals surface area contributed by atoms with Crippen LogP contribution in [0.15, 0.2) is 24.5 Å². The van der Waals surface area contributed by atoms with Crippen LogP contribution in [0.25, 0.3) is 11.0 Å². The fourth-order valence-corrected chi connectivity index (χ4v) is 3.88. The minimum atomic E-state index is 0.444. The second kappa shape index (κ2) is 12.1. The van der Waals surface area contributed by atoms with E-state index in [0.717, 1.165) is 18.8 Å². The lowest BCUT2D eigenvalue weighted by Crippen LogP contribution is -2.34. The molecule has 2 aromatic rings. The van der Waals surface area contributed by atoms with E-state index in [1.54, 1.807) is 0 Å². The molecule has 28 heavy (non-hydrogen) atoms. The summed E-state index contributed by atoms with van der Waals surface area (Å²) in [5.74, 6) is 0.999. The van der Waals surface area contributed by atoms with Crippen molar-refractivity contribution in [2.24, 2.45) is 0 Å². The van der Waals surface area contributed by atoms with Gasteiger partial charge in [-0.05, 0) is 46.2 Å². The van der Waals surface area contributed by atoms with E-state index in [2.05, 4.69) is 68.3 Å². The fraction of sp³-hybridized carbons (Fsp3) is 0.720. The molecule has 1 aromatic heterocycles. The lowest BCUT2D eigenvalue weighted by atomic mass is 10.1. The first-order valence-corrected chi connectivity index (χ1v) is 11.7. The molecule has 0 aliphatic heterocycles. The summed E-state index contributed by atoms with van der Waals surface area (Å²) >= 11 is 0. The number of imidazole rings is 1. The zero-order valence-corrected chi connectivity index (χ0v) is 19.0. The van der Waals surface area contributed by atoms with Crippen LogP contribution in [0, 0.1) is 0 Å². The summed E-state index contributed by atoms with van der Waals surface area (Å²) in [6.07, 6.45) is 15.8. The van der Waals surface area contributed by atoms with Crippen molar-refractivity contribution >= 4 is 11.0 Å². The van der Waals surface area contributed by atoms with Gasteiger partial charge in [0.25, 0.3) is 0 Å². The maximum absolute atomic E-state index is 6.07. The zero-order chi connectivity index (χ0) is 20.4. The Kier molecular flexibility index (Phi) is 9.87. The number of rotatable bonds is 14. The number of nitrogens with zero attached hydrogens (tertiary/aromatic N) is 2. The number of hydrogen-bond donors (Lipinski definition) is 0. The highest BCUT2D eigenvalue weighted by Crippen LogP contribution is 2.23. The van der Waals surface area contributed by atoms with E-state index in [4.69, 9.17) is 4.74 Å². The highest BCUT2D eigenvalue weighted by molar-refractivity contribution is 5.74. The first-order chi connectivity index (χ1) is 13.5. The van der Waals surface area contributed by atoms with Crippen molar-refractivity contribution in [3.63, 3.8) is 0 Å². The Balaban J connectivity index is 1.74. The Morgan fingerprint density at radius 1 is 0.857 bits per heavy atom. The third kappa shape index (κ3) is 6.83. The summed E-state index contributed by atoms with van der Waals surface area (Å²) in [6, 6.07) is 7.45. The van der Waals surface area contributed by atoms with Crippen molar-refractivity contribution < 1.29 is 9.30 Å². The quantitative estimate of drug-likeness (QED) is 0.244. The van der Waals surface area contributed by atoms with Crippen molar-refractivity contribution in [3.8, 4) is 5.75 Å². The average molecular weight is 388 g/mol. The second-order valence-corrected chi connectivity index (χ2v) is 8.80. The first kappa shape index (κ1) is 22.8. The van der Waals surface area contributed by atoms with E-state index < -0.39 is 0 Å². The summed E-state index contributed by atoms with van der Waals surface area (Å²) in [6.45, 7) is 12.1. The maximum atomic E-state index is 6.07. The smallest absolute Gasteiger partial charge is 0.245 e. The molecule has 0 bridgehead atoms. The number of benzene rings is 1. The van der Waals surface area contributed by atoms with E-state index in [-0.39, 0.29) is 0 Å². The highest BCUT2D eigenvalue weighted by Gasteiger charge is 2.20. The molecule has 0 aliphatic carbocycles. The predicted octanol–water partition coefficient (Wildman–Crippen LogP) is 7.39. The molecule has 1 aromatic carbocycles. The summed E-state index contributed by atoms with van der Waals surface area (Å²) in [5.41, 5.74) is 2.55. The van der Waals surface area contributed by atoms with Crippen molar-refractivity contribution in [2.75, 3.05) is 6.61 Å². The van der Waals surface area contributed by atoms with Gasteiger partial charge in [0.05, 0.1) is 18.7 Å². The number of unbranched alkanes of at least 4 members (excludes halogenated alkanes) is 9. The minimum Gasteiger partial charge on any atom is -0.493 e. The van der Waals surface area contributed by atoms with Crippen LogP contribution in [-0.4, -0.2) is 11.2 Å². The molecule has 0 radical (unpaired) electrons. The maximum Gasteiger partial charge on any atom is 0.245 e. The van der Waals surface area contributed by atoms with Crippen LogP contribution in [-0.2, 0) is 0 Å². The topological polar surface area (TPSA) is 18.0 Å². The molecule has 0 saturated heterocycles. The molecular weight excluding hydrogens is 344 g/mol. The average Bonchev–Trinajstić information content (AvgIpc) is 3.05. The van der Waals surface area contributed by atoms with Crippen molar-refractivity contribution in [2.45, 2.75) is 111 Å². The number of ether oxygens (including phenoxy) is 1. The van der Waals surface area contributed by atoms with Crippen molar-refractivity contribution in [3.05, 3.63) is 24.5 Å². The molecule has 0 N–H and O–H groups in total. The van der Waals surface area contributed by atoms with Gasteiger partial charge in [-0.15, -0.1) is 0 Å². The van der Waals surface area contributed by atoms with Crippen molar-refractivity contribution in [1.29, 1.82) is 0 Å². The van der Waals surface area contributed by atoms with E-state index in [1.807, 2.05) is 0 Å². The van der Waals surface area contributed by atoms with E-state index in [9.17, 15) is 0 Å². The van der Waals surface area contributed by atoms with Gasteiger partial charge in [-0.1, -0.05) is 64.7 Å². The van der Waals surface area contributed by atoms with Crippen LogP contribution in [0.3, 0.4) is 0 Å². The van der Waals surface area contributed by atoms with Gasteiger partial charge in [-0.25, -0.2) is 9.13 Å². The van der Waals surface area contributed by atoms with E-state index in [0.29, 0.717) is 12.1 Å². The zero-order valence-electron chi connectivity index (χ0n) is 19.0. The third-order valence-corrected chi connectivity index (χ3v) is 5.63. The molecule has 0 fully saturated rings. The summed E-state index contributed by atoms with van der Waals surface area (Å²) in [5, 5.41) is 0. The minimum absolute atomic E-state index is 0.444. The predicted molar refractivity (Wildman–Crippen MR) is 120 cm³/mol. The third-order valence-electron chi connectivity index (χ3n) is 5.63. The Bertz CT molecular complexity index is 687. The number of aromatic nitrogens is 2. The first-order valence-electron chi connectivity index (χ1n) is 11.7. The van der Waals surface area contributed by atoms with Crippen LogP contribution < -0.4 is 9.30 Å². The number of fused-ring (bicyclic) bond motifs is 1. The van der Waals surface area contributed by atoms with E-state index in [1.165, 1.54) is 68.8 Å². The largest absolute Gasteiger partial charge is 0.493 e. The van der Waals surface area contributed by atoms with Crippen LogP contribution in [0.5, 0.6) is 5.75 Å². The lowest BCUT2D eigenvalue weighted by Gasteiger charge is -2.07. The van der Waals surface area contributed by atoms with Crippen LogP contribution in [0.2, 0.25) is 0 Å². The molecule has 0 saturated carbocycles.